The number of carbonyl (C=O) groups is 2. The van der Waals surface area contributed by atoms with Crippen molar-refractivity contribution in [2.24, 2.45) is 0 Å². The highest BCUT2D eigenvalue weighted by Crippen LogP contribution is 2.30. The quantitative estimate of drug-likeness (QED) is 0.442. The molecule has 1 aromatic rings. The van der Waals surface area contributed by atoms with E-state index < -0.39 is 16.8 Å². The maximum absolute atomic E-state index is 12.4. The average molecular weight is 356 g/mol. The SMILES string of the molecule is COC(=O)C1=C(Nc2ccc([N+](=O)[O-])cc2Cl)C(=O)N(CCO)C1. The first-order chi connectivity index (χ1) is 11.4. The summed E-state index contributed by atoms with van der Waals surface area (Å²) in [6.07, 6.45) is 0. The molecule has 2 rings (SSSR count). The van der Waals surface area contributed by atoms with E-state index in [1.54, 1.807) is 0 Å². The highest BCUT2D eigenvalue weighted by Gasteiger charge is 2.34. The molecule has 1 aromatic carbocycles. The molecule has 1 aliphatic rings. The van der Waals surface area contributed by atoms with Gasteiger partial charge in [-0.1, -0.05) is 11.6 Å². The zero-order valence-corrected chi connectivity index (χ0v) is 13.4. The second-order valence-corrected chi connectivity index (χ2v) is 5.25. The van der Waals surface area contributed by atoms with Gasteiger partial charge in [-0.3, -0.25) is 14.9 Å². The third-order valence-corrected chi connectivity index (χ3v) is 3.69. The monoisotopic (exact) mass is 355 g/mol. The van der Waals surface area contributed by atoms with E-state index in [4.69, 9.17) is 16.7 Å². The Balaban J connectivity index is 2.35. The molecule has 9 nitrogen and oxygen atoms in total. The number of aliphatic hydroxyl groups excluding tert-OH is 1. The first-order valence-corrected chi connectivity index (χ1v) is 7.19. The summed E-state index contributed by atoms with van der Waals surface area (Å²) in [6.45, 7) is -0.219. The Morgan fingerprint density at radius 3 is 2.79 bits per heavy atom. The molecule has 0 fully saturated rings. The zero-order valence-electron chi connectivity index (χ0n) is 12.6. The van der Waals surface area contributed by atoms with Crippen molar-refractivity contribution in [2.75, 3.05) is 32.1 Å². The molecule has 0 atom stereocenters. The molecule has 128 valence electrons. The fourth-order valence-corrected chi connectivity index (χ4v) is 2.42. The molecule has 0 saturated heterocycles. The van der Waals surface area contributed by atoms with E-state index >= 15 is 0 Å². The molecule has 24 heavy (non-hydrogen) atoms. The number of methoxy groups -OCH3 is 1. The van der Waals surface area contributed by atoms with E-state index in [1.807, 2.05) is 0 Å². The minimum Gasteiger partial charge on any atom is -0.466 e. The van der Waals surface area contributed by atoms with Crippen molar-refractivity contribution in [1.82, 2.24) is 4.90 Å². The number of nitro benzene ring substituents is 1. The Labute approximate surface area is 141 Å². The van der Waals surface area contributed by atoms with Gasteiger partial charge >= 0.3 is 5.97 Å². The van der Waals surface area contributed by atoms with Gasteiger partial charge in [-0.2, -0.15) is 0 Å². The van der Waals surface area contributed by atoms with Crippen molar-refractivity contribution in [3.63, 3.8) is 0 Å². The maximum atomic E-state index is 12.4. The fourth-order valence-electron chi connectivity index (χ4n) is 2.20. The van der Waals surface area contributed by atoms with E-state index in [0.29, 0.717) is 0 Å². The van der Waals surface area contributed by atoms with Gasteiger partial charge in [0, 0.05) is 18.7 Å². The number of aliphatic hydroxyl groups is 1. The highest BCUT2D eigenvalue weighted by molar-refractivity contribution is 6.33. The normalized spacial score (nSPS) is 14.1. The number of rotatable bonds is 6. The molecule has 0 aromatic heterocycles. The number of ether oxygens (including phenoxy) is 1. The van der Waals surface area contributed by atoms with Crippen LogP contribution in [0.2, 0.25) is 5.02 Å². The Hall–Kier alpha value is -2.65. The highest BCUT2D eigenvalue weighted by atomic mass is 35.5. The van der Waals surface area contributed by atoms with Gasteiger partial charge in [-0.05, 0) is 6.07 Å². The van der Waals surface area contributed by atoms with Gasteiger partial charge in [0.25, 0.3) is 11.6 Å². The molecule has 0 unspecified atom stereocenters. The number of carbonyl (C=O) groups excluding carboxylic acids is 2. The molecule has 10 heteroatoms. The number of non-ortho nitro benzene ring substituents is 1. The first kappa shape index (κ1) is 17.7. The summed E-state index contributed by atoms with van der Waals surface area (Å²) in [7, 11) is 1.19. The first-order valence-electron chi connectivity index (χ1n) is 6.81. The molecular weight excluding hydrogens is 342 g/mol. The standard InChI is InChI=1S/C14H14ClN3O6/c1-24-14(21)9-7-17(4-5-19)13(20)12(9)16-11-3-2-8(18(22)23)6-10(11)15/h2-3,6,16,19H,4-5,7H2,1H3. The van der Waals surface area contributed by atoms with Crippen molar-refractivity contribution < 1.29 is 24.4 Å². The van der Waals surface area contributed by atoms with E-state index in [1.165, 1.54) is 24.1 Å². The molecule has 1 aliphatic heterocycles. The number of anilines is 1. The number of β-amino-alcohol motifs (C(OH)–C–C–N with tert-alkyl or cyclic N) is 1. The summed E-state index contributed by atoms with van der Waals surface area (Å²) >= 11 is 5.99. The predicted molar refractivity (Wildman–Crippen MR) is 84.4 cm³/mol. The number of benzene rings is 1. The van der Waals surface area contributed by atoms with Crippen LogP contribution in [0.1, 0.15) is 0 Å². The smallest absolute Gasteiger partial charge is 0.337 e. The Bertz CT molecular complexity index is 733. The lowest BCUT2D eigenvalue weighted by Gasteiger charge is -2.15. The lowest BCUT2D eigenvalue weighted by molar-refractivity contribution is -0.384. The van der Waals surface area contributed by atoms with Gasteiger partial charge in [0.05, 0.1) is 41.5 Å². The molecule has 2 N–H and O–H groups in total. The summed E-state index contributed by atoms with van der Waals surface area (Å²) in [4.78, 5) is 35.6. The summed E-state index contributed by atoms with van der Waals surface area (Å²) in [6, 6.07) is 3.69. The number of esters is 1. The Morgan fingerprint density at radius 1 is 1.54 bits per heavy atom. The number of halogens is 1. The van der Waals surface area contributed by atoms with E-state index in [2.05, 4.69) is 10.1 Å². The summed E-state index contributed by atoms with van der Waals surface area (Å²) in [5.41, 5.74) is 0.0849. The fraction of sp³-hybridized carbons (Fsp3) is 0.286. The number of hydrogen-bond donors (Lipinski definition) is 2. The van der Waals surface area contributed by atoms with Crippen molar-refractivity contribution >= 4 is 34.9 Å². The Kier molecular flexibility index (Phi) is 5.37. The third-order valence-electron chi connectivity index (χ3n) is 3.38. The molecular formula is C14H14ClN3O6. The van der Waals surface area contributed by atoms with Crippen LogP contribution in [0.5, 0.6) is 0 Å². The molecule has 1 heterocycles. The van der Waals surface area contributed by atoms with Crippen LogP contribution in [-0.4, -0.2) is 53.6 Å². The van der Waals surface area contributed by atoms with Gasteiger partial charge in [-0.15, -0.1) is 0 Å². The van der Waals surface area contributed by atoms with E-state index in [9.17, 15) is 19.7 Å². The Morgan fingerprint density at radius 2 is 2.25 bits per heavy atom. The van der Waals surface area contributed by atoms with Gasteiger partial charge in [0.2, 0.25) is 0 Å². The second-order valence-electron chi connectivity index (χ2n) is 4.84. The van der Waals surface area contributed by atoms with Crippen LogP contribution < -0.4 is 5.32 Å². The largest absolute Gasteiger partial charge is 0.466 e. The summed E-state index contributed by atoms with van der Waals surface area (Å²) in [5, 5.41) is 22.5. The number of nitro groups is 1. The van der Waals surface area contributed by atoms with Crippen LogP contribution in [0, 0.1) is 10.1 Å². The number of nitrogens with zero attached hydrogens (tertiary/aromatic N) is 2. The van der Waals surface area contributed by atoms with Crippen LogP contribution in [0.25, 0.3) is 0 Å². The van der Waals surface area contributed by atoms with Crippen molar-refractivity contribution in [3.05, 3.63) is 44.6 Å². The topological polar surface area (TPSA) is 122 Å². The second kappa shape index (κ2) is 7.28. The molecule has 0 aliphatic carbocycles. The van der Waals surface area contributed by atoms with Gasteiger partial charge in [0.1, 0.15) is 5.70 Å². The summed E-state index contributed by atoms with van der Waals surface area (Å²) in [5.74, 6) is -1.19. The minimum atomic E-state index is -0.690. The van der Waals surface area contributed by atoms with Crippen LogP contribution >= 0.6 is 11.6 Å². The van der Waals surface area contributed by atoms with Gasteiger partial charge < -0.3 is 20.1 Å². The van der Waals surface area contributed by atoms with Gasteiger partial charge in [0.15, 0.2) is 0 Å². The molecule has 0 saturated carbocycles. The van der Waals surface area contributed by atoms with Crippen molar-refractivity contribution in [1.29, 1.82) is 0 Å². The zero-order chi connectivity index (χ0) is 17.9. The predicted octanol–water partition coefficient (Wildman–Crippen LogP) is 0.922. The number of nitrogens with one attached hydrogen (secondary N) is 1. The maximum Gasteiger partial charge on any atom is 0.337 e. The lowest BCUT2D eigenvalue weighted by atomic mass is 10.2. The minimum absolute atomic E-state index is 0.0149. The van der Waals surface area contributed by atoms with Crippen LogP contribution in [-0.2, 0) is 14.3 Å². The lowest BCUT2D eigenvalue weighted by Crippen LogP contribution is -2.31. The van der Waals surface area contributed by atoms with Crippen LogP contribution in [0.3, 0.4) is 0 Å². The van der Waals surface area contributed by atoms with E-state index in [-0.39, 0.29) is 47.4 Å². The molecule has 0 radical (unpaired) electrons. The molecule has 0 spiro atoms. The van der Waals surface area contributed by atoms with Crippen molar-refractivity contribution in [3.8, 4) is 0 Å². The van der Waals surface area contributed by atoms with Crippen LogP contribution in [0.4, 0.5) is 11.4 Å². The van der Waals surface area contributed by atoms with Crippen LogP contribution in [0.15, 0.2) is 29.5 Å². The van der Waals surface area contributed by atoms with Gasteiger partial charge in [-0.25, -0.2) is 4.79 Å². The molecule has 0 bridgehead atoms. The average Bonchev–Trinajstić information content (AvgIpc) is 2.85. The third kappa shape index (κ3) is 3.47. The summed E-state index contributed by atoms with van der Waals surface area (Å²) < 4.78 is 4.66. The van der Waals surface area contributed by atoms with Crippen molar-refractivity contribution in [2.45, 2.75) is 0 Å². The molecule has 1 amide bonds. The number of amides is 1. The number of hydrogen-bond acceptors (Lipinski definition) is 7. The van der Waals surface area contributed by atoms with E-state index in [0.717, 1.165) is 6.07 Å².